The van der Waals surface area contributed by atoms with Gasteiger partial charge < -0.3 is 4.84 Å². The van der Waals surface area contributed by atoms with Gasteiger partial charge >= 0.3 is 0 Å². The normalized spacial score (nSPS) is 23.9. The zero-order valence-corrected chi connectivity index (χ0v) is 10.4. The van der Waals surface area contributed by atoms with Crippen LogP contribution in [-0.2, 0) is 4.84 Å². The van der Waals surface area contributed by atoms with Crippen molar-refractivity contribution >= 4 is 11.6 Å². The van der Waals surface area contributed by atoms with Gasteiger partial charge in [0.05, 0.1) is 16.6 Å². The molecule has 0 aromatic rings. The summed E-state index contributed by atoms with van der Waals surface area (Å²) in [6.45, 7) is 10.8. The van der Waals surface area contributed by atoms with Crippen molar-refractivity contribution in [1.82, 2.24) is 5.06 Å². The van der Waals surface area contributed by atoms with Crippen LogP contribution in [0.2, 0.25) is 0 Å². The van der Waals surface area contributed by atoms with Crippen molar-refractivity contribution in [2.75, 3.05) is 0 Å². The van der Waals surface area contributed by atoms with Crippen LogP contribution in [0.1, 0.15) is 41.0 Å². The van der Waals surface area contributed by atoms with Crippen molar-refractivity contribution in [3.05, 3.63) is 11.3 Å². The van der Waals surface area contributed by atoms with Crippen molar-refractivity contribution in [1.29, 1.82) is 0 Å². The van der Waals surface area contributed by atoms with Gasteiger partial charge in [0, 0.05) is 0 Å². The van der Waals surface area contributed by atoms with Gasteiger partial charge in [-0.25, -0.2) is 0 Å². The number of hydroxylamine groups is 2. The maximum Gasteiger partial charge on any atom is 0.127 e. The zero-order valence-electron chi connectivity index (χ0n) is 9.67. The minimum absolute atomic E-state index is 0.0298. The first kappa shape index (κ1) is 11.9. The highest BCUT2D eigenvalue weighted by Crippen LogP contribution is 2.35. The molecule has 1 rings (SSSR count). The van der Waals surface area contributed by atoms with Crippen LogP contribution >= 0.6 is 11.6 Å². The fraction of sp³-hybridized carbons (Fsp3) is 0.818. The van der Waals surface area contributed by atoms with Crippen molar-refractivity contribution in [2.24, 2.45) is 5.92 Å². The van der Waals surface area contributed by atoms with E-state index in [2.05, 4.69) is 34.6 Å². The number of halogens is 1. The molecule has 0 aromatic carbocycles. The molecule has 2 nitrogen and oxygen atoms in total. The molecule has 3 heteroatoms. The lowest BCUT2D eigenvalue weighted by Crippen LogP contribution is -2.48. The summed E-state index contributed by atoms with van der Waals surface area (Å²) in [6.07, 6.45) is 2.69. The summed E-state index contributed by atoms with van der Waals surface area (Å²) >= 11 is 6.13. The van der Waals surface area contributed by atoms with Gasteiger partial charge in [0.25, 0.3) is 0 Å². The molecular weight excluding hydrogens is 198 g/mol. The highest BCUT2D eigenvalue weighted by atomic mass is 35.5. The Kier molecular flexibility index (Phi) is 3.49. The molecule has 0 aromatic heterocycles. The Morgan fingerprint density at radius 1 is 1.57 bits per heavy atom. The van der Waals surface area contributed by atoms with Crippen LogP contribution in [-0.4, -0.2) is 16.6 Å². The minimum Gasteiger partial charge on any atom is -0.411 e. The van der Waals surface area contributed by atoms with Crippen LogP contribution < -0.4 is 0 Å². The summed E-state index contributed by atoms with van der Waals surface area (Å²) in [7, 11) is 0. The van der Waals surface area contributed by atoms with Gasteiger partial charge in [0.2, 0.25) is 0 Å². The largest absolute Gasteiger partial charge is 0.411 e. The standard InChI is InChI=1S/C11H20ClNO/c1-6-11(4,5)13-10(8(2)3)9(12)7-14-13/h7-8,10H,6H2,1-5H3. The van der Waals surface area contributed by atoms with Crippen molar-refractivity contribution in [3.8, 4) is 0 Å². The average molecular weight is 218 g/mol. The second-order valence-corrected chi connectivity index (χ2v) is 5.23. The van der Waals surface area contributed by atoms with Gasteiger partial charge in [-0.05, 0) is 26.2 Å². The lowest BCUT2D eigenvalue weighted by molar-refractivity contribution is -0.180. The topological polar surface area (TPSA) is 12.5 Å². The molecule has 0 radical (unpaired) electrons. The quantitative estimate of drug-likeness (QED) is 0.717. The second kappa shape index (κ2) is 4.11. The van der Waals surface area contributed by atoms with Gasteiger partial charge in [-0.1, -0.05) is 32.4 Å². The van der Waals surface area contributed by atoms with E-state index in [1.807, 2.05) is 5.06 Å². The smallest absolute Gasteiger partial charge is 0.127 e. The summed E-state index contributed by atoms with van der Waals surface area (Å²) in [4.78, 5) is 5.53. The number of rotatable bonds is 3. The van der Waals surface area contributed by atoms with E-state index in [4.69, 9.17) is 16.4 Å². The van der Waals surface area contributed by atoms with Gasteiger partial charge in [-0.3, -0.25) is 0 Å². The summed E-state index contributed by atoms with van der Waals surface area (Å²) < 4.78 is 0. The van der Waals surface area contributed by atoms with Crippen molar-refractivity contribution in [3.63, 3.8) is 0 Å². The molecule has 14 heavy (non-hydrogen) atoms. The van der Waals surface area contributed by atoms with Gasteiger partial charge in [0.1, 0.15) is 6.26 Å². The summed E-state index contributed by atoms with van der Waals surface area (Å²) in [5.41, 5.74) is 0.0298. The Labute approximate surface area is 91.8 Å². The molecule has 0 saturated heterocycles. The number of hydrogen-bond acceptors (Lipinski definition) is 2. The molecule has 0 bridgehead atoms. The maximum atomic E-state index is 6.13. The second-order valence-electron chi connectivity index (χ2n) is 4.79. The third kappa shape index (κ3) is 2.06. The van der Waals surface area contributed by atoms with Gasteiger partial charge in [-0.15, -0.1) is 5.06 Å². The van der Waals surface area contributed by atoms with Gasteiger partial charge in [-0.2, -0.15) is 0 Å². The van der Waals surface area contributed by atoms with Gasteiger partial charge in [0.15, 0.2) is 0 Å². The molecule has 0 aliphatic carbocycles. The summed E-state index contributed by atoms with van der Waals surface area (Å²) in [5, 5.41) is 2.82. The molecule has 0 amide bonds. The van der Waals surface area contributed by atoms with E-state index in [-0.39, 0.29) is 11.6 Å². The SMILES string of the molecule is CCC(C)(C)N1OC=C(Cl)C1C(C)C. The van der Waals surface area contributed by atoms with Crippen molar-refractivity contribution in [2.45, 2.75) is 52.6 Å². The molecule has 0 N–H and O–H groups in total. The Balaban J connectivity index is 2.83. The molecule has 0 fully saturated rings. The Bertz CT molecular complexity index is 235. The molecule has 82 valence electrons. The summed E-state index contributed by atoms with van der Waals surface area (Å²) in [6, 6.07) is 0.201. The first-order valence-electron chi connectivity index (χ1n) is 5.22. The van der Waals surface area contributed by atoms with E-state index in [1.165, 1.54) is 0 Å². The molecule has 1 aliphatic rings. The van der Waals surface area contributed by atoms with Crippen LogP contribution in [0.4, 0.5) is 0 Å². The van der Waals surface area contributed by atoms with Crippen LogP contribution in [0, 0.1) is 5.92 Å². The third-order valence-corrected chi connectivity index (χ3v) is 3.22. The fourth-order valence-electron chi connectivity index (χ4n) is 1.62. The molecule has 1 unspecified atom stereocenters. The van der Waals surface area contributed by atoms with Crippen LogP contribution in [0.25, 0.3) is 0 Å². The molecular formula is C11H20ClNO. The predicted molar refractivity (Wildman–Crippen MR) is 59.9 cm³/mol. The zero-order chi connectivity index (χ0) is 10.9. The fourth-order valence-corrected chi connectivity index (χ4v) is 2.00. The molecule has 0 saturated carbocycles. The first-order valence-corrected chi connectivity index (χ1v) is 5.59. The van der Waals surface area contributed by atoms with E-state index in [9.17, 15) is 0 Å². The lowest BCUT2D eigenvalue weighted by Gasteiger charge is -2.38. The van der Waals surface area contributed by atoms with Crippen LogP contribution in [0.5, 0.6) is 0 Å². The molecule has 1 atom stereocenters. The molecule has 1 heterocycles. The third-order valence-electron chi connectivity index (χ3n) is 2.91. The molecule has 1 aliphatic heterocycles. The maximum absolute atomic E-state index is 6.13. The Morgan fingerprint density at radius 2 is 2.14 bits per heavy atom. The highest BCUT2D eigenvalue weighted by Gasteiger charge is 2.39. The van der Waals surface area contributed by atoms with Crippen LogP contribution in [0.3, 0.4) is 0 Å². The van der Waals surface area contributed by atoms with Crippen molar-refractivity contribution < 1.29 is 4.84 Å². The van der Waals surface area contributed by atoms with Crippen LogP contribution in [0.15, 0.2) is 11.3 Å². The van der Waals surface area contributed by atoms with E-state index >= 15 is 0 Å². The lowest BCUT2D eigenvalue weighted by atomic mass is 9.95. The Hall–Kier alpha value is -0.210. The summed E-state index contributed by atoms with van der Waals surface area (Å²) in [5.74, 6) is 0.465. The number of nitrogens with zero attached hydrogens (tertiary/aromatic N) is 1. The van der Waals surface area contributed by atoms with E-state index in [0.717, 1.165) is 11.5 Å². The van der Waals surface area contributed by atoms with E-state index in [1.54, 1.807) is 6.26 Å². The van der Waals surface area contributed by atoms with E-state index in [0.29, 0.717) is 5.92 Å². The highest BCUT2D eigenvalue weighted by molar-refractivity contribution is 6.30. The average Bonchev–Trinajstić information content (AvgIpc) is 2.47. The van der Waals surface area contributed by atoms with E-state index < -0.39 is 0 Å². The Morgan fingerprint density at radius 3 is 2.57 bits per heavy atom. The minimum atomic E-state index is 0.0298. The molecule has 0 spiro atoms. The predicted octanol–water partition coefficient (Wildman–Crippen LogP) is 3.53. The number of hydrogen-bond donors (Lipinski definition) is 0. The first-order chi connectivity index (χ1) is 6.40. The monoisotopic (exact) mass is 217 g/mol.